The lowest BCUT2D eigenvalue weighted by Gasteiger charge is -2.19. The Labute approximate surface area is 184 Å². The third-order valence-electron chi connectivity index (χ3n) is 5.19. The summed E-state index contributed by atoms with van der Waals surface area (Å²) < 4.78 is 0. The summed E-state index contributed by atoms with van der Waals surface area (Å²) in [4.78, 5) is 37.0. The van der Waals surface area contributed by atoms with E-state index in [1.807, 2.05) is 31.2 Å². The molecule has 0 saturated heterocycles. The van der Waals surface area contributed by atoms with Crippen molar-refractivity contribution in [2.24, 2.45) is 0 Å². The van der Waals surface area contributed by atoms with Crippen molar-refractivity contribution < 1.29 is 19.3 Å². The molecule has 0 spiro atoms. The number of hydrogen-bond donors (Lipinski definition) is 4. The lowest BCUT2D eigenvalue weighted by atomic mass is 9.97. The average Bonchev–Trinajstić information content (AvgIpc) is 2.74. The quantitative estimate of drug-likeness (QED) is 0.472. The summed E-state index contributed by atoms with van der Waals surface area (Å²) in [7, 11) is 0. The number of quaternary nitrogens is 1. The van der Waals surface area contributed by atoms with Crippen molar-refractivity contribution >= 4 is 34.8 Å². The first-order chi connectivity index (χ1) is 14.8. The van der Waals surface area contributed by atoms with Gasteiger partial charge >= 0.3 is 0 Å². The van der Waals surface area contributed by atoms with E-state index >= 15 is 0 Å². The van der Waals surface area contributed by atoms with Gasteiger partial charge in [0.2, 0.25) is 5.91 Å². The van der Waals surface area contributed by atoms with Crippen molar-refractivity contribution in [2.45, 2.75) is 40.0 Å². The summed E-state index contributed by atoms with van der Waals surface area (Å²) in [5.41, 5.74) is 3.26. The molecule has 2 rings (SSSR count). The SMILES string of the molecule is CC[C@@H](C)c1ccccc1NC(=O)C[NH+](CC)CC(=O)Nc1ccc(NC(C)=O)cc1. The monoisotopic (exact) mass is 425 g/mol. The van der Waals surface area contributed by atoms with Crippen molar-refractivity contribution in [3.8, 4) is 0 Å². The van der Waals surface area contributed by atoms with Crippen LogP contribution in [0.3, 0.4) is 0 Å². The van der Waals surface area contributed by atoms with Crippen LogP contribution in [0.5, 0.6) is 0 Å². The van der Waals surface area contributed by atoms with Gasteiger partial charge in [0, 0.05) is 24.0 Å². The van der Waals surface area contributed by atoms with Crippen LogP contribution < -0.4 is 20.9 Å². The van der Waals surface area contributed by atoms with E-state index in [0.29, 0.717) is 23.8 Å². The van der Waals surface area contributed by atoms with Crippen molar-refractivity contribution in [1.29, 1.82) is 0 Å². The zero-order chi connectivity index (χ0) is 22.8. The summed E-state index contributed by atoms with van der Waals surface area (Å²) in [6, 6.07) is 14.8. The second kappa shape index (κ2) is 11.9. The number of carbonyl (C=O) groups is 3. The van der Waals surface area contributed by atoms with E-state index in [4.69, 9.17) is 0 Å². The molecule has 0 aliphatic heterocycles. The highest BCUT2D eigenvalue weighted by Crippen LogP contribution is 2.26. The summed E-state index contributed by atoms with van der Waals surface area (Å²) in [6.45, 7) is 8.70. The fraction of sp³-hybridized carbons (Fsp3) is 0.375. The van der Waals surface area contributed by atoms with E-state index in [-0.39, 0.29) is 30.8 Å². The molecule has 166 valence electrons. The van der Waals surface area contributed by atoms with Gasteiger partial charge in [-0.15, -0.1) is 0 Å². The number of hydrogen-bond acceptors (Lipinski definition) is 3. The number of nitrogens with one attached hydrogen (secondary N) is 4. The number of likely N-dealkylation sites (N-methyl/N-ethyl adjacent to an activating group) is 1. The molecule has 0 aliphatic rings. The minimum absolute atomic E-state index is 0.111. The summed E-state index contributed by atoms with van der Waals surface area (Å²) in [5, 5.41) is 8.53. The molecule has 0 aromatic heterocycles. The van der Waals surface area contributed by atoms with Crippen LogP contribution in [0.15, 0.2) is 48.5 Å². The number of para-hydroxylation sites is 1. The number of benzene rings is 2. The molecule has 2 aromatic carbocycles. The first-order valence-corrected chi connectivity index (χ1v) is 10.7. The molecule has 31 heavy (non-hydrogen) atoms. The molecule has 2 atom stereocenters. The molecule has 0 aliphatic carbocycles. The predicted octanol–water partition coefficient (Wildman–Crippen LogP) is 2.64. The summed E-state index contributed by atoms with van der Waals surface area (Å²) in [5.74, 6) is -0.0741. The van der Waals surface area contributed by atoms with Crippen molar-refractivity contribution in [1.82, 2.24) is 0 Å². The third kappa shape index (κ3) is 7.86. The maximum absolute atomic E-state index is 12.6. The molecule has 0 heterocycles. The zero-order valence-electron chi connectivity index (χ0n) is 18.7. The van der Waals surface area contributed by atoms with Crippen LogP contribution in [0, 0.1) is 0 Å². The Hall–Kier alpha value is -3.19. The minimum Gasteiger partial charge on any atom is -0.326 e. The average molecular weight is 426 g/mol. The minimum atomic E-state index is -0.170. The Morgan fingerprint density at radius 3 is 1.94 bits per heavy atom. The first-order valence-electron chi connectivity index (χ1n) is 10.7. The number of rotatable bonds is 10. The van der Waals surface area contributed by atoms with Crippen molar-refractivity contribution in [3.05, 3.63) is 54.1 Å². The van der Waals surface area contributed by atoms with Crippen LogP contribution >= 0.6 is 0 Å². The molecule has 7 nitrogen and oxygen atoms in total. The van der Waals surface area contributed by atoms with Gasteiger partial charge in [0.05, 0.1) is 6.54 Å². The Morgan fingerprint density at radius 2 is 1.39 bits per heavy atom. The molecule has 0 bridgehead atoms. The highest BCUT2D eigenvalue weighted by molar-refractivity contribution is 5.94. The number of amides is 3. The smallest absolute Gasteiger partial charge is 0.279 e. The van der Waals surface area contributed by atoms with Crippen LogP contribution in [0.4, 0.5) is 17.1 Å². The zero-order valence-corrected chi connectivity index (χ0v) is 18.7. The van der Waals surface area contributed by atoms with Gasteiger partial charge in [-0.05, 0) is 55.2 Å². The standard InChI is InChI=1S/C24H32N4O3/c1-5-17(3)21-9-7-8-10-22(21)27-24(31)16-28(6-2)15-23(30)26-20-13-11-19(12-14-20)25-18(4)29/h7-14,17H,5-6,15-16H2,1-4H3,(H,25,29)(H,26,30)(H,27,31)/p+1/t17-/m1/s1. The molecule has 4 N–H and O–H groups in total. The van der Waals surface area contributed by atoms with Crippen LogP contribution in [0.25, 0.3) is 0 Å². The Morgan fingerprint density at radius 1 is 0.839 bits per heavy atom. The normalized spacial score (nSPS) is 12.5. The van der Waals surface area contributed by atoms with Crippen LogP contribution in [-0.4, -0.2) is 37.4 Å². The van der Waals surface area contributed by atoms with Gasteiger partial charge in [-0.1, -0.05) is 32.0 Å². The Bertz CT molecular complexity index is 896. The van der Waals surface area contributed by atoms with Crippen molar-refractivity contribution in [3.63, 3.8) is 0 Å². The molecule has 0 saturated carbocycles. The highest BCUT2D eigenvalue weighted by Gasteiger charge is 2.18. The van der Waals surface area contributed by atoms with Crippen LogP contribution in [-0.2, 0) is 14.4 Å². The molecule has 1 unspecified atom stereocenters. The summed E-state index contributed by atoms with van der Waals surface area (Å²) >= 11 is 0. The third-order valence-corrected chi connectivity index (χ3v) is 5.19. The van der Waals surface area contributed by atoms with Gasteiger partial charge in [-0.2, -0.15) is 0 Å². The second-order valence-corrected chi connectivity index (χ2v) is 7.71. The molecule has 2 aromatic rings. The van der Waals surface area contributed by atoms with E-state index in [0.717, 1.165) is 22.6 Å². The molecular formula is C24H33N4O3+. The maximum atomic E-state index is 12.6. The molecule has 0 radical (unpaired) electrons. The second-order valence-electron chi connectivity index (χ2n) is 7.71. The fourth-order valence-corrected chi connectivity index (χ4v) is 3.27. The van der Waals surface area contributed by atoms with Gasteiger partial charge in [-0.25, -0.2) is 0 Å². The van der Waals surface area contributed by atoms with E-state index in [2.05, 4.69) is 29.8 Å². The lowest BCUT2D eigenvalue weighted by molar-refractivity contribution is -0.881. The van der Waals surface area contributed by atoms with E-state index < -0.39 is 0 Å². The molecule has 7 heteroatoms. The van der Waals surface area contributed by atoms with E-state index in [9.17, 15) is 14.4 Å². The number of carbonyl (C=O) groups excluding carboxylic acids is 3. The first kappa shape index (κ1) is 24.1. The Kier molecular flexibility index (Phi) is 9.21. The van der Waals surface area contributed by atoms with Gasteiger partial charge in [0.15, 0.2) is 13.1 Å². The van der Waals surface area contributed by atoms with Crippen LogP contribution in [0.2, 0.25) is 0 Å². The van der Waals surface area contributed by atoms with Gasteiger partial charge in [0.1, 0.15) is 0 Å². The van der Waals surface area contributed by atoms with Gasteiger partial charge in [-0.3, -0.25) is 14.4 Å². The van der Waals surface area contributed by atoms with Crippen LogP contribution in [0.1, 0.15) is 45.6 Å². The fourth-order valence-electron chi connectivity index (χ4n) is 3.27. The summed E-state index contributed by atoms with van der Waals surface area (Å²) in [6.07, 6.45) is 0.991. The number of anilines is 3. The predicted molar refractivity (Wildman–Crippen MR) is 124 cm³/mol. The lowest BCUT2D eigenvalue weighted by Crippen LogP contribution is -3.13. The Balaban J connectivity index is 1.90. The molecular weight excluding hydrogens is 392 g/mol. The van der Waals surface area contributed by atoms with Gasteiger partial charge < -0.3 is 20.9 Å². The maximum Gasteiger partial charge on any atom is 0.279 e. The largest absolute Gasteiger partial charge is 0.326 e. The van der Waals surface area contributed by atoms with E-state index in [1.165, 1.54) is 6.92 Å². The van der Waals surface area contributed by atoms with E-state index in [1.54, 1.807) is 24.3 Å². The van der Waals surface area contributed by atoms with Gasteiger partial charge in [0.25, 0.3) is 11.8 Å². The topological polar surface area (TPSA) is 91.7 Å². The van der Waals surface area contributed by atoms with Crippen molar-refractivity contribution in [2.75, 3.05) is 35.6 Å². The molecule has 3 amide bonds. The molecule has 0 fully saturated rings. The highest BCUT2D eigenvalue weighted by atomic mass is 16.2.